The van der Waals surface area contributed by atoms with Crippen LogP contribution in [0.1, 0.15) is 30.5 Å². The van der Waals surface area contributed by atoms with Crippen LogP contribution in [0.15, 0.2) is 127 Å². The molecule has 1 heterocycles. The number of imidazole rings is 1. The summed E-state index contributed by atoms with van der Waals surface area (Å²) in [6, 6.07) is 45.2. The second-order valence-electron chi connectivity index (χ2n) is 16.6. The van der Waals surface area contributed by atoms with E-state index in [1.807, 2.05) is 0 Å². The third-order valence-electron chi connectivity index (χ3n) is 13.4. The van der Waals surface area contributed by atoms with Gasteiger partial charge in [0.25, 0.3) is 0 Å². The van der Waals surface area contributed by atoms with Gasteiger partial charge in [-0.2, -0.15) is 0 Å². The number of fused-ring (bicyclic) bond motifs is 6. The van der Waals surface area contributed by atoms with Gasteiger partial charge in [-0.3, -0.25) is 4.57 Å². The highest BCUT2D eigenvalue weighted by Gasteiger charge is 2.43. The number of aromatic hydroxyl groups is 1. The molecule has 8 heteroatoms. The van der Waals surface area contributed by atoms with Crippen LogP contribution < -0.4 is 27.3 Å². The lowest BCUT2D eigenvalue weighted by atomic mass is 9.65. The SMILES string of the molecule is Bc1c(B)c2c(c(B)c1C)-c1c(B)c(B)c(-c3c4ccccc4c(-c4ccccc4-n4c(-c5ccccc5)nc5ccccc54)c4ccccc34)c(O)c1C2(C)C. The Bertz CT molecular complexity index is 3130. The van der Waals surface area contributed by atoms with Crippen molar-refractivity contribution in [1.82, 2.24) is 9.55 Å². The van der Waals surface area contributed by atoms with E-state index in [0.717, 1.165) is 82.9 Å². The van der Waals surface area contributed by atoms with Gasteiger partial charge in [0.05, 0.1) is 16.7 Å². The molecule has 10 rings (SSSR count). The van der Waals surface area contributed by atoms with Crippen molar-refractivity contribution in [3.63, 3.8) is 0 Å². The molecule has 1 aliphatic carbocycles. The van der Waals surface area contributed by atoms with Crippen molar-refractivity contribution in [2.45, 2.75) is 26.2 Å². The molecule has 0 amide bonds. The third-order valence-corrected chi connectivity index (χ3v) is 13.4. The summed E-state index contributed by atoms with van der Waals surface area (Å²) in [6.45, 7) is 6.85. The number of phenols is 1. The van der Waals surface area contributed by atoms with Crippen LogP contribution in [-0.2, 0) is 5.41 Å². The van der Waals surface area contributed by atoms with E-state index in [-0.39, 0.29) is 5.41 Å². The van der Waals surface area contributed by atoms with Crippen molar-refractivity contribution in [2.75, 3.05) is 0 Å². The lowest BCUT2D eigenvalue weighted by molar-refractivity contribution is 0.459. The van der Waals surface area contributed by atoms with Crippen molar-refractivity contribution in [3.8, 4) is 56.2 Å². The number of hydrogen-bond donors (Lipinski definition) is 1. The molecular formula is C49H41B5N2O. The molecule has 0 saturated heterocycles. The number of aromatic nitrogens is 2. The molecule has 0 unspecified atom stereocenters. The third kappa shape index (κ3) is 4.83. The molecule has 8 aromatic carbocycles. The van der Waals surface area contributed by atoms with E-state index in [1.165, 1.54) is 44.1 Å². The Labute approximate surface area is 338 Å². The smallest absolute Gasteiger partial charge is 0.145 e. The van der Waals surface area contributed by atoms with E-state index in [2.05, 4.69) is 192 Å². The zero-order chi connectivity index (χ0) is 39.5. The molecule has 1 aromatic heterocycles. The molecule has 0 aliphatic heterocycles. The lowest BCUT2D eigenvalue weighted by Crippen LogP contribution is -2.40. The highest BCUT2D eigenvalue weighted by molar-refractivity contribution is 6.57. The molecule has 57 heavy (non-hydrogen) atoms. The standard InChI is InChI=1S/C49H41B5N2O/c1-25-42(50)37-38-41(49(2,3)40(37)46(54)43(25)51)47(57)39(45(53)44(38)52)36-29-19-9-7-17-27(29)35(28-18-8-10-20-30(28)36)31-21-11-13-23-33(31)56-34-24-14-12-22-32(34)55-48(56)26-15-5-4-6-16-26/h4-24,57H,50-54H2,1-3H3. The predicted molar refractivity (Wildman–Crippen MR) is 257 cm³/mol. The van der Waals surface area contributed by atoms with E-state index in [1.54, 1.807) is 0 Å². The first-order chi connectivity index (χ1) is 27.5. The van der Waals surface area contributed by atoms with Crippen molar-refractivity contribution in [2.24, 2.45) is 0 Å². The Morgan fingerprint density at radius 3 is 1.70 bits per heavy atom. The Hall–Kier alpha value is -6.13. The van der Waals surface area contributed by atoms with Crippen LogP contribution in [0, 0.1) is 6.92 Å². The molecular weight excluding hydrogens is 687 g/mol. The summed E-state index contributed by atoms with van der Waals surface area (Å²) in [6.07, 6.45) is 0. The fraction of sp³-hybridized carbons (Fsp3) is 0.0816. The summed E-state index contributed by atoms with van der Waals surface area (Å²) in [5.41, 5.74) is 20.6. The summed E-state index contributed by atoms with van der Waals surface area (Å²) >= 11 is 0. The fourth-order valence-corrected chi connectivity index (χ4v) is 10.4. The Morgan fingerprint density at radius 2 is 1.04 bits per heavy atom. The molecule has 0 fully saturated rings. The molecule has 9 aromatic rings. The highest BCUT2D eigenvalue weighted by atomic mass is 16.3. The average Bonchev–Trinajstić information content (AvgIpc) is 3.74. The number of nitrogens with zero attached hydrogens (tertiary/aromatic N) is 2. The molecule has 0 bridgehead atoms. The quantitative estimate of drug-likeness (QED) is 0.221. The number of hydrogen-bond acceptors (Lipinski definition) is 2. The van der Waals surface area contributed by atoms with Crippen LogP contribution in [0.3, 0.4) is 0 Å². The molecule has 1 N–H and O–H groups in total. The number of benzene rings is 8. The van der Waals surface area contributed by atoms with Crippen LogP contribution in [0.4, 0.5) is 0 Å². The zero-order valence-electron chi connectivity index (χ0n) is 34.0. The molecule has 268 valence electrons. The van der Waals surface area contributed by atoms with Gasteiger partial charge in [0, 0.05) is 33.2 Å². The molecule has 0 saturated carbocycles. The van der Waals surface area contributed by atoms with Crippen LogP contribution in [-0.4, -0.2) is 53.9 Å². The second-order valence-corrected chi connectivity index (χ2v) is 16.6. The maximum atomic E-state index is 13.0. The minimum Gasteiger partial charge on any atom is -0.507 e. The van der Waals surface area contributed by atoms with Crippen molar-refractivity contribution in [1.29, 1.82) is 0 Å². The predicted octanol–water partition coefficient (Wildman–Crippen LogP) is 3.95. The van der Waals surface area contributed by atoms with Crippen LogP contribution >= 0.6 is 0 Å². The molecule has 0 spiro atoms. The van der Waals surface area contributed by atoms with Gasteiger partial charge in [-0.05, 0) is 68.9 Å². The van der Waals surface area contributed by atoms with E-state index in [0.29, 0.717) is 5.75 Å². The highest BCUT2D eigenvalue weighted by Crippen LogP contribution is 2.54. The molecule has 3 nitrogen and oxygen atoms in total. The first-order valence-electron chi connectivity index (χ1n) is 20.1. The number of phenolic OH excluding ortho intramolecular Hbond substituents is 1. The Balaban J connectivity index is 1.30. The van der Waals surface area contributed by atoms with E-state index < -0.39 is 0 Å². The summed E-state index contributed by atoms with van der Waals surface area (Å²) in [5.74, 6) is 1.30. The summed E-state index contributed by atoms with van der Waals surface area (Å²) < 4.78 is 2.32. The largest absolute Gasteiger partial charge is 0.507 e. The minimum atomic E-state index is -0.385. The maximum absolute atomic E-state index is 13.0. The van der Waals surface area contributed by atoms with Gasteiger partial charge in [-0.15, -0.1) is 0 Å². The van der Waals surface area contributed by atoms with E-state index >= 15 is 0 Å². The van der Waals surface area contributed by atoms with E-state index in [9.17, 15) is 5.11 Å². The van der Waals surface area contributed by atoms with Gasteiger partial charge in [-0.1, -0.05) is 156 Å². The van der Waals surface area contributed by atoms with Gasteiger partial charge >= 0.3 is 0 Å². The van der Waals surface area contributed by atoms with Crippen molar-refractivity contribution >= 4 is 99.1 Å². The summed E-state index contributed by atoms with van der Waals surface area (Å²) in [7, 11) is 11.2. The maximum Gasteiger partial charge on any atom is 0.145 e. The number of para-hydroxylation sites is 3. The van der Waals surface area contributed by atoms with Crippen LogP contribution in [0.5, 0.6) is 5.75 Å². The fourth-order valence-electron chi connectivity index (χ4n) is 10.4. The molecule has 0 atom stereocenters. The summed E-state index contributed by atoms with van der Waals surface area (Å²) in [4.78, 5) is 5.21. The van der Waals surface area contributed by atoms with Crippen molar-refractivity contribution in [3.05, 3.63) is 144 Å². The van der Waals surface area contributed by atoms with Gasteiger partial charge in [0.2, 0.25) is 0 Å². The Morgan fingerprint density at radius 1 is 0.509 bits per heavy atom. The monoisotopic (exact) mass is 728 g/mol. The zero-order valence-corrected chi connectivity index (χ0v) is 34.0. The lowest BCUT2D eigenvalue weighted by Gasteiger charge is -2.28. The van der Waals surface area contributed by atoms with Gasteiger partial charge in [-0.25, -0.2) is 4.98 Å². The van der Waals surface area contributed by atoms with E-state index in [4.69, 9.17) is 4.98 Å². The normalized spacial score (nSPS) is 13.0. The Kier molecular flexibility index (Phi) is 7.86. The first kappa shape index (κ1) is 35.3. The number of rotatable bonds is 4. The molecule has 0 radical (unpaired) electrons. The van der Waals surface area contributed by atoms with Crippen molar-refractivity contribution < 1.29 is 5.11 Å². The summed E-state index contributed by atoms with van der Waals surface area (Å²) in [5, 5.41) is 17.5. The van der Waals surface area contributed by atoms with Gasteiger partial charge in [0.1, 0.15) is 50.8 Å². The van der Waals surface area contributed by atoms with Crippen LogP contribution in [0.2, 0.25) is 0 Å². The minimum absolute atomic E-state index is 0.385. The second kappa shape index (κ2) is 12.7. The van der Waals surface area contributed by atoms with Gasteiger partial charge in [0.15, 0.2) is 0 Å². The average molecular weight is 728 g/mol. The molecule has 1 aliphatic rings. The van der Waals surface area contributed by atoms with Crippen LogP contribution in [0.25, 0.3) is 83.0 Å². The first-order valence-corrected chi connectivity index (χ1v) is 20.1. The topological polar surface area (TPSA) is 38.0 Å². The van der Waals surface area contributed by atoms with Gasteiger partial charge < -0.3 is 5.11 Å².